The summed E-state index contributed by atoms with van der Waals surface area (Å²) in [4.78, 5) is 15.4. The van der Waals surface area contributed by atoms with E-state index in [9.17, 15) is 4.79 Å². The van der Waals surface area contributed by atoms with Crippen molar-refractivity contribution in [2.24, 2.45) is 10.7 Å². The molecule has 146 valence electrons. The van der Waals surface area contributed by atoms with Crippen molar-refractivity contribution in [3.05, 3.63) is 65.2 Å². The Morgan fingerprint density at radius 2 is 1.85 bits per heavy atom. The number of aliphatic imine (C=N–C) groups is 1. The number of carbonyl (C=O) groups is 1. The summed E-state index contributed by atoms with van der Waals surface area (Å²) in [6, 6.07) is 15.9. The second-order valence-corrected chi connectivity index (χ2v) is 5.94. The van der Waals surface area contributed by atoms with Gasteiger partial charge in [0, 0.05) is 13.1 Å². The van der Waals surface area contributed by atoms with Crippen LogP contribution in [0.3, 0.4) is 0 Å². The fourth-order valence-electron chi connectivity index (χ4n) is 2.29. The Kier molecular flexibility index (Phi) is 10.2. The molecule has 6 nitrogen and oxygen atoms in total. The third-order valence-electron chi connectivity index (χ3n) is 3.62. The maximum atomic E-state index is 10.8. The second kappa shape index (κ2) is 12.2. The Morgan fingerprint density at radius 3 is 2.52 bits per heavy atom. The van der Waals surface area contributed by atoms with Crippen molar-refractivity contribution in [3.8, 4) is 5.75 Å². The van der Waals surface area contributed by atoms with E-state index in [2.05, 4.69) is 46.8 Å². The Hall–Kier alpha value is -2.29. The van der Waals surface area contributed by atoms with Gasteiger partial charge in [0.15, 0.2) is 12.6 Å². The number of ether oxygens (including phenoxy) is 1. The van der Waals surface area contributed by atoms with Crippen LogP contribution < -0.4 is 21.1 Å². The van der Waals surface area contributed by atoms with E-state index in [4.69, 9.17) is 10.5 Å². The van der Waals surface area contributed by atoms with Crippen LogP contribution in [0.25, 0.3) is 0 Å². The van der Waals surface area contributed by atoms with Crippen LogP contribution in [0.4, 0.5) is 0 Å². The fourth-order valence-corrected chi connectivity index (χ4v) is 2.29. The quantitative estimate of drug-likeness (QED) is 0.307. The number of amides is 1. The summed E-state index contributed by atoms with van der Waals surface area (Å²) in [6.07, 6.45) is 0. The molecule has 0 heterocycles. The number of aryl methyl sites for hydroxylation is 1. The van der Waals surface area contributed by atoms with Gasteiger partial charge in [-0.05, 0) is 37.1 Å². The lowest BCUT2D eigenvalue weighted by Crippen LogP contribution is -2.36. The highest BCUT2D eigenvalue weighted by molar-refractivity contribution is 14.0. The number of benzene rings is 2. The molecule has 0 fully saturated rings. The smallest absolute Gasteiger partial charge is 0.255 e. The first-order chi connectivity index (χ1) is 12.6. The summed E-state index contributed by atoms with van der Waals surface area (Å²) in [5, 5.41) is 6.56. The second-order valence-electron chi connectivity index (χ2n) is 5.94. The van der Waals surface area contributed by atoms with Crippen molar-refractivity contribution in [2.45, 2.75) is 26.9 Å². The topological polar surface area (TPSA) is 88.7 Å². The molecule has 7 heteroatoms. The highest BCUT2D eigenvalue weighted by atomic mass is 127. The number of nitrogens with zero attached hydrogens (tertiary/aromatic N) is 1. The first-order valence-electron chi connectivity index (χ1n) is 8.64. The molecule has 2 rings (SSSR count). The molecular formula is C20H27IN4O2. The van der Waals surface area contributed by atoms with E-state index in [1.165, 1.54) is 11.1 Å². The molecule has 0 radical (unpaired) electrons. The van der Waals surface area contributed by atoms with Crippen LogP contribution in [0.1, 0.15) is 23.6 Å². The maximum absolute atomic E-state index is 10.8. The first kappa shape index (κ1) is 22.8. The fraction of sp³-hybridized carbons (Fsp3) is 0.300. The van der Waals surface area contributed by atoms with E-state index < -0.39 is 5.91 Å². The van der Waals surface area contributed by atoms with Crippen molar-refractivity contribution in [3.63, 3.8) is 0 Å². The number of halogens is 1. The van der Waals surface area contributed by atoms with Crippen LogP contribution in [0, 0.1) is 6.92 Å². The van der Waals surface area contributed by atoms with Crippen LogP contribution in [-0.4, -0.2) is 25.0 Å². The van der Waals surface area contributed by atoms with E-state index >= 15 is 0 Å². The van der Waals surface area contributed by atoms with Crippen molar-refractivity contribution in [2.75, 3.05) is 13.2 Å². The first-order valence-corrected chi connectivity index (χ1v) is 8.64. The predicted octanol–water partition coefficient (Wildman–Crippen LogP) is 2.73. The van der Waals surface area contributed by atoms with Gasteiger partial charge >= 0.3 is 0 Å². The summed E-state index contributed by atoms with van der Waals surface area (Å²) < 4.78 is 5.32. The number of carbonyl (C=O) groups excluding carboxylic acids is 1. The van der Waals surface area contributed by atoms with Gasteiger partial charge in [-0.1, -0.05) is 42.0 Å². The molecule has 0 aliphatic carbocycles. The van der Waals surface area contributed by atoms with Gasteiger partial charge < -0.3 is 21.1 Å². The van der Waals surface area contributed by atoms with Crippen LogP contribution in [0.2, 0.25) is 0 Å². The van der Waals surface area contributed by atoms with Crippen LogP contribution in [-0.2, 0) is 17.9 Å². The van der Waals surface area contributed by atoms with Gasteiger partial charge in [-0.2, -0.15) is 0 Å². The molecule has 0 bridgehead atoms. The number of nitrogens with two attached hydrogens (primary N) is 1. The molecule has 2 aromatic carbocycles. The minimum Gasteiger partial charge on any atom is -0.484 e. The highest BCUT2D eigenvalue weighted by Gasteiger charge is 2.01. The normalized spacial score (nSPS) is 10.7. The molecule has 0 aromatic heterocycles. The van der Waals surface area contributed by atoms with E-state index in [-0.39, 0.29) is 30.6 Å². The molecule has 0 spiro atoms. The molecule has 4 N–H and O–H groups in total. The van der Waals surface area contributed by atoms with Gasteiger partial charge in [0.25, 0.3) is 5.91 Å². The van der Waals surface area contributed by atoms with E-state index in [1.807, 2.05) is 25.1 Å². The zero-order valence-corrected chi connectivity index (χ0v) is 18.0. The summed E-state index contributed by atoms with van der Waals surface area (Å²) in [5.41, 5.74) is 8.52. The minimum atomic E-state index is -0.497. The lowest BCUT2D eigenvalue weighted by atomic mass is 10.1. The van der Waals surface area contributed by atoms with Gasteiger partial charge in [0.1, 0.15) is 5.75 Å². The molecule has 0 aliphatic heterocycles. The summed E-state index contributed by atoms with van der Waals surface area (Å²) in [5.74, 6) is 0.855. The van der Waals surface area contributed by atoms with Gasteiger partial charge in [-0.3, -0.25) is 4.79 Å². The van der Waals surface area contributed by atoms with Gasteiger partial charge in [-0.15, -0.1) is 24.0 Å². The number of guanidine groups is 1. The lowest BCUT2D eigenvalue weighted by molar-refractivity contribution is -0.119. The van der Waals surface area contributed by atoms with Crippen LogP contribution in [0.5, 0.6) is 5.75 Å². The van der Waals surface area contributed by atoms with Crippen molar-refractivity contribution in [1.82, 2.24) is 10.6 Å². The number of hydrogen-bond donors (Lipinski definition) is 3. The van der Waals surface area contributed by atoms with E-state index in [1.54, 1.807) is 6.07 Å². The molecule has 0 unspecified atom stereocenters. The van der Waals surface area contributed by atoms with Crippen molar-refractivity contribution in [1.29, 1.82) is 0 Å². The zero-order valence-electron chi connectivity index (χ0n) is 15.7. The average Bonchev–Trinajstić information content (AvgIpc) is 2.64. The standard InChI is InChI=1S/C20H26N4O2.HI/c1-3-22-20(23-12-16-9-7-15(2)8-10-16)24-13-17-5-4-6-18(11-17)26-14-19(21)25;/h4-11H,3,12-14H2,1-2H3,(H2,21,25)(H2,22,23,24);1H. The van der Waals surface area contributed by atoms with Crippen molar-refractivity contribution < 1.29 is 9.53 Å². The average molecular weight is 482 g/mol. The molecule has 0 aliphatic rings. The number of nitrogens with one attached hydrogen (secondary N) is 2. The van der Waals surface area contributed by atoms with Crippen LogP contribution >= 0.6 is 24.0 Å². The summed E-state index contributed by atoms with van der Waals surface area (Å²) in [6.45, 7) is 5.95. The summed E-state index contributed by atoms with van der Waals surface area (Å²) >= 11 is 0. The number of rotatable bonds is 8. The molecule has 2 aromatic rings. The van der Waals surface area contributed by atoms with Gasteiger partial charge in [0.2, 0.25) is 0 Å². The molecule has 0 saturated heterocycles. The van der Waals surface area contributed by atoms with Gasteiger partial charge in [-0.25, -0.2) is 4.99 Å². The largest absolute Gasteiger partial charge is 0.484 e. The third-order valence-corrected chi connectivity index (χ3v) is 3.62. The molecular weight excluding hydrogens is 455 g/mol. The number of hydrogen-bond acceptors (Lipinski definition) is 3. The molecule has 1 amide bonds. The Bertz CT molecular complexity index is 748. The molecule has 0 saturated carbocycles. The van der Waals surface area contributed by atoms with Crippen LogP contribution in [0.15, 0.2) is 53.5 Å². The van der Waals surface area contributed by atoms with Crippen molar-refractivity contribution >= 4 is 35.8 Å². The third kappa shape index (κ3) is 8.76. The Morgan fingerprint density at radius 1 is 1.11 bits per heavy atom. The van der Waals surface area contributed by atoms with E-state index in [0.29, 0.717) is 18.8 Å². The zero-order chi connectivity index (χ0) is 18.8. The number of primary amides is 1. The molecule has 27 heavy (non-hydrogen) atoms. The highest BCUT2D eigenvalue weighted by Crippen LogP contribution is 2.14. The monoisotopic (exact) mass is 482 g/mol. The maximum Gasteiger partial charge on any atom is 0.255 e. The van der Waals surface area contributed by atoms with E-state index in [0.717, 1.165) is 18.1 Å². The molecule has 0 atom stereocenters. The lowest BCUT2D eigenvalue weighted by Gasteiger charge is -2.12. The minimum absolute atomic E-state index is 0. The summed E-state index contributed by atoms with van der Waals surface area (Å²) in [7, 11) is 0. The Labute approximate surface area is 177 Å². The Balaban J connectivity index is 0.00000364. The SMILES string of the molecule is CCNC(=NCc1cccc(OCC(N)=O)c1)NCc1ccc(C)cc1.I. The van der Waals surface area contributed by atoms with Gasteiger partial charge in [0.05, 0.1) is 6.54 Å². The predicted molar refractivity (Wildman–Crippen MR) is 119 cm³/mol.